The van der Waals surface area contributed by atoms with E-state index in [-0.39, 0.29) is 6.54 Å². The highest BCUT2D eigenvalue weighted by atomic mass is 35.5. The van der Waals surface area contributed by atoms with Crippen molar-refractivity contribution in [1.29, 1.82) is 0 Å². The number of carboxylic acid groups (broad SMARTS) is 1. The van der Waals surface area contributed by atoms with Gasteiger partial charge in [0.1, 0.15) is 17.1 Å². The van der Waals surface area contributed by atoms with Crippen molar-refractivity contribution in [3.05, 3.63) is 39.6 Å². The number of halogens is 2. The molecule has 0 aliphatic heterocycles. The summed E-state index contributed by atoms with van der Waals surface area (Å²) >= 11 is 12.1. The van der Waals surface area contributed by atoms with Crippen molar-refractivity contribution in [2.24, 2.45) is 0 Å². The summed E-state index contributed by atoms with van der Waals surface area (Å²) in [7, 11) is 0. The number of nitrogens with zero attached hydrogens (tertiary/aromatic N) is 2. The van der Waals surface area contributed by atoms with Crippen LogP contribution in [0.2, 0.25) is 10.0 Å². The van der Waals surface area contributed by atoms with Gasteiger partial charge in [-0.3, -0.25) is 4.68 Å². The van der Waals surface area contributed by atoms with Crippen LogP contribution in [0.25, 0.3) is 0 Å². The number of carbonyl (C=O) groups is 1. The van der Waals surface area contributed by atoms with E-state index in [0.29, 0.717) is 47.7 Å². The maximum atomic E-state index is 10.7. The fourth-order valence-corrected chi connectivity index (χ4v) is 2.89. The van der Waals surface area contributed by atoms with Gasteiger partial charge in [-0.1, -0.05) is 30.1 Å². The molecule has 0 atom stereocenters. The first-order chi connectivity index (χ1) is 12.4. The van der Waals surface area contributed by atoms with E-state index in [1.807, 2.05) is 13.8 Å². The van der Waals surface area contributed by atoms with E-state index in [2.05, 4.69) is 10.4 Å². The summed E-state index contributed by atoms with van der Waals surface area (Å²) in [6.07, 6.45) is -0.438. The number of rotatable bonds is 9. The van der Waals surface area contributed by atoms with Crippen LogP contribution < -0.4 is 10.1 Å². The highest BCUT2D eigenvalue weighted by molar-refractivity contribution is 6.34. The predicted molar refractivity (Wildman–Crippen MR) is 99.5 cm³/mol. The standard InChI is InChI=1S/C17H21Cl2N3O4/c1-3-14-16(26-13-8-11(18)7-12(19)9-13)15(10-25-4-2)22(21-14)6-5-20-17(23)24/h7-9,20H,3-6,10H2,1-2H3,(H,23,24). The molecular weight excluding hydrogens is 381 g/mol. The number of aromatic nitrogens is 2. The Hall–Kier alpha value is -1.96. The SMILES string of the molecule is CCOCc1c(Oc2cc(Cl)cc(Cl)c2)c(CC)nn1CCNC(=O)O. The number of ether oxygens (including phenoxy) is 2. The highest BCUT2D eigenvalue weighted by Gasteiger charge is 2.20. The molecule has 2 rings (SSSR count). The van der Waals surface area contributed by atoms with Gasteiger partial charge in [-0.2, -0.15) is 5.10 Å². The molecule has 0 bridgehead atoms. The number of nitrogens with one attached hydrogen (secondary N) is 1. The minimum absolute atomic E-state index is 0.224. The monoisotopic (exact) mass is 401 g/mol. The molecule has 1 amide bonds. The second kappa shape index (κ2) is 9.66. The van der Waals surface area contributed by atoms with Crippen molar-refractivity contribution in [2.75, 3.05) is 13.2 Å². The van der Waals surface area contributed by atoms with E-state index in [1.165, 1.54) is 0 Å². The van der Waals surface area contributed by atoms with Crippen LogP contribution in [0, 0.1) is 0 Å². The first-order valence-corrected chi connectivity index (χ1v) is 8.97. The minimum Gasteiger partial charge on any atom is -0.465 e. The third-order valence-electron chi connectivity index (χ3n) is 3.51. The zero-order valence-corrected chi connectivity index (χ0v) is 16.1. The third kappa shape index (κ3) is 5.52. The van der Waals surface area contributed by atoms with E-state index in [1.54, 1.807) is 22.9 Å². The van der Waals surface area contributed by atoms with E-state index >= 15 is 0 Å². The van der Waals surface area contributed by atoms with Gasteiger partial charge in [0, 0.05) is 23.2 Å². The quantitative estimate of drug-likeness (QED) is 0.652. The van der Waals surface area contributed by atoms with Gasteiger partial charge in [0.2, 0.25) is 0 Å². The summed E-state index contributed by atoms with van der Waals surface area (Å²) in [5, 5.41) is 16.5. The molecule has 1 heterocycles. The van der Waals surface area contributed by atoms with Gasteiger partial charge in [0.15, 0.2) is 5.75 Å². The Morgan fingerprint density at radius 2 is 1.96 bits per heavy atom. The van der Waals surface area contributed by atoms with Crippen molar-refractivity contribution >= 4 is 29.3 Å². The molecule has 1 aromatic heterocycles. The third-order valence-corrected chi connectivity index (χ3v) is 3.95. The van der Waals surface area contributed by atoms with Crippen LogP contribution >= 0.6 is 23.2 Å². The van der Waals surface area contributed by atoms with E-state index in [0.717, 1.165) is 11.4 Å². The molecule has 0 saturated heterocycles. The van der Waals surface area contributed by atoms with Crippen LogP contribution in [-0.4, -0.2) is 34.1 Å². The minimum atomic E-state index is -1.08. The summed E-state index contributed by atoms with van der Waals surface area (Å²) < 4.78 is 13.3. The van der Waals surface area contributed by atoms with Crippen LogP contribution in [0.15, 0.2) is 18.2 Å². The lowest BCUT2D eigenvalue weighted by molar-refractivity contribution is 0.126. The average molecular weight is 402 g/mol. The number of aryl methyl sites for hydroxylation is 1. The first kappa shape index (κ1) is 20.4. The van der Waals surface area contributed by atoms with Gasteiger partial charge in [-0.05, 0) is 31.5 Å². The molecule has 2 aromatic rings. The van der Waals surface area contributed by atoms with Crippen LogP contribution in [0.1, 0.15) is 25.2 Å². The van der Waals surface area contributed by atoms with Crippen molar-refractivity contribution in [3.63, 3.8) is 0 Å². The summed E-state index contributed by atoms with van der Waals surface area (Å²) in [6, 6.07) is 4.96. The van der Waals surface area contributed by atoms with Gasteiger partial charge in [0.25, 0.3) is 0 Å². The first-order valence-electron chi connectivity index (χ1n) is 8.21. The van der Waals surface area contributed by atoms with Crippen LogP contribution in [0.3, 0.4) is 0 Å². The molecule has 1 aromatic carbocycles. The normalized spacial score (nSPS) is 10.8. The predicted octanol–water partition coefficient (Wildman–Crippen LogP) is 4.35. The lowest BCUT2D eigenvalue weighted by Gasteiger charge is -2.11. The van der Waals surface area contributed by atoms with E-state index in [9.17, 15) is 4.79 Å². The van der Waals surface area contributed by atoms with Crippen molar-refractivity contribution < 1.29 is 19.4 Å². The van der Waals surface area contributed by atoms with E-state index in [4.69, 9.17) is 37.8 Å². The Kier molecular flexibility index (Phi) is 7.56. The second-order valence-corrected chi connectivity index (χ2v) is 6.25. The Morgan fingerprint density at radius 1 is 1.27 bits per heavy atom. The lowest BCUT2D eigenvalue weighted by atomic mass is 10.2. The van der Waals surface area contributed by atoms with Crippen molar-refractivity contribution in [2.45, 2.75) is 33.4 Å². The summed E-state index contributed by atoms with van der Waals surface area (Å²) in [5.74, 6) is 1.08. The molecule has 0 radical (unpaired) electrons. The molecule has 0 fully saturated rings. The van der Waals surface area contributed by atoms with Gasteiger partial charge in [0.05, 0.1) is 13.2 Å². The summed E-state index contributed by atoms with van der Waals surface area (Å²) in [6.45, 7) is 5.26. The van der Waals surface area contributed by atoms with E-state index < -0.39 is 6.09 Å². The zero-order valence-electron chi connectivity index (χ0n) is 14.6. The molecule has 142 valence electrons. The Morgan fingerprint density at radius 3 is 2.54 bits per heavy atom. The smallest absolute Gasteiger partial charge is 0.404 e. The second-order valence-electron chi connectivity index (χ2n) is 5.38. The van der Waals surface area contributed by atoms with Crippen LogP contribution in [0.5, 0.6) is 11.5 Å². The largest absolute Gasteiger partial charge is 0.465 e. The van der Waals surface area contributed by atoms with Gasteiger partial charge < -0.3 is 19.9 Å². The fraction of sp³-hybridized carbons (Fsp3) is 0.412. The number of amides is 1. The molecule has 26 heavy (non-hydrogen) atoms. The molecule has 0 unspecified atom stereocenters. The molecule has 9 heteroatoms. The van der Waals surface area contributed by atoms with Gasteiger partial charge in [-0.25, -0.2) is 4.79 Å². The lowest BCUT2D eigenvalue weighted by Crippen LogP contribution is -2.26. The van der Waals surface area contributed by atoms with Crippen molar-refractivity contribution in [1.82, 2.24) is 15.1 Å². The van der Waals surface area contributed by atoms with Crippen LogP contribution in [-0.2, 0) is 24.3 Å². The van der Waals surface area contributed by atoms with Crippen molar-refractivity contribution in [3.8, 4) is 11.5 Å². The highest BCUT2D eigenvalue weighted by Crippen LogP contribution is 2.33. The number of hydrogen-bond acceptors (Lipinski definition) is 4. The molecule has 0 aliphatic rings. The summed E-state index contributed by atoms with van der Waals surface area (Å²) in [5.41, 5.74) is 1.47. The van der Waals surface area contributed by atoms with Crippen LogP contribution in [0.4, 0.5) is 4.79 Å². The molecule has 0 saturated carbocycles. The average Bonchev–Trinajstić information content (AvgIpc) is 2.88. The molecule has 2 N–H and O–H groups in total. The molecule has 0 spiro atoms. The topological polar surface area (TPSA) is 85.6 Å². The number of benzene rings is 1. The molecule has 7 nitrogen and oxygen atoms in total. The molecule has 0 aliphatic carbocycles. The molecular formula is C17H21Cl2N3O4. The Labute approximate surface area is 161 Å². The van der Waals surface area contributed by atoms with Gasteiger partial charge in [-0.15, -0.1) is 0 Å². The fourth-order valence-electron chi connectivity index (χ4n) is 2.38. The number of hydrogen-bond donors (Lipinski definition) is 2. The maximum Gasteiger partial charge on any atom is 0.404 e. The Balaban J connectivity index is 2.34. The van der Waals surface area contributed by atoms with Gasteiger partial charge >= 0.3 is 6.09 Å². The zero-order chi connectivity index (χ0) is 19.1. The Bertz CT molecular complexity index is 744. The maximum absolute atomic E-state index is 10.7. The summed E-state index contributed by atoms with van der Waals surface area (Å²) in [4.78, 5) is 10.7.